The first-order chi connectivity index (χ1) is 15.8. The minimum atomic E-state index is -1.85. The topological polar surface area (TPSA) is 66.4 Å². The molecule has 2 N–H and O–H groups in total. The summed E-state index contributed by atoms with van der Waals surface area (Å²) >= 11 is 35.9. The number of thiocarbonyl (C=S) groups is 1. The Morgan fingerprint density at radius 3 is 2.56 bits per heavy atom. The molecule has 2 bridgehead atoms. The summed E-state index contributed by atoms with van der Waals surface area (Å²) < 4.78 is 0.122. The number of carbonyl (C=O) groups is 1. The van der Waals surface area contributed by atoms with Gasteiger partial charge in [-0.25, -0.2) is 0 Å². The number of hydrogen-bond acceptors (Lipinski definition) is 3. The highest BCUT2D eigenvalue weighted by molar-refractivity contribution is 7.80. The Labute approximate surface area is 228 Å². The van der Waals surface area contributed by atoms with E-state index in [1.54, 1.807) is 18.2 Å². The van der Waals surface area contributed by atoms with Gasteiger partial charge in [-0.3, -0.25) is 9.59 Å². The van der Waals surface area contributed by atoms with Crippen molar-refractivity contribution in [2.75, 3.05) is 13.1 Å². The van der Waals surface area contributed by atoms with Crippen molar-refractivity contribution in [2.24, 2.45) is 23.2 Å². The summed E-state index contributed by atoms with van der Waals surface area (Å²) in [7, 11) is 0. The van der Waals surface area contributed by atoms with E-state index in [0.29, 0.717) is 24.7 Å². The van der Waals surface area contributed by atoms with Crippen molar-refractivity contribution in [1.29, 1.82) is 0 Å². The number of amides is 1. The van der Waals surface area contributed by atoms with Crippen LogP contribution in [0.2, 0.25) is 0 Å². The number of aromatic nitrogens is 1. The lowest BCUT2D eigenvalue weighted by molar-refractivity contribution is -0.123. The molecule has 0 unspecified atom stereocenters. The fourth-order valence-electron chi connectivity index (χ4n) is 5.33. The Morgan fingerprint density at radius 1 is 1.21 bits per heavy atom. The zero-order valence-corrected chi connectivity index (χ0v) is 23.1. The highest BCUT2D eigenvalue weighted by Crippen LogP contribution is 2.59. The number of halogens is 5. The predicted molar refractivity (Wildman–Crippen MR) is 142 cm³/mol. The second-order valence-electron chi connectivity index (χ2n) is 9.82. The van der Waals surface area contributed by atoms with Crippen LogP contribution in [0.15, 0.2) is 33.6 Å². The molecule has 34 heavy (non-hydrogen) atoms. The van der Waals surface area contributed by atoms with Crippen molar-refractivity contribution in [3.63, 3.8) is 0 Å². The molecule has 0 aromatic carbocycles. The number of hydrogen-bond donors (Lipinski definition) is 2. The SMILES string of the molecule is CC1(C)[C@H](C(=O)N[C@H](NC(=S)N2C[C@@H]3C[C@@H](C2)c2cccc(=O)n2C3)C(Cl)(Cl)Cl)[C@@H]1C=C(Cl)Cl. The van der Waals surface area contributed by atoms with Crippen LogP contribution in [0.1, 0.15) is 31.9 Å². The molecule has 0 spiro atoms. The number of alkyl halides is 3. The van der Waals surface area contributed by atoms with E-state index in [1.807, 2.05) is 29.4 Å². The Kier molecular flexibility index (Phi) is 7.47. The molecule has 2 aliphatic heterocycles. The maximum Gasteiger partial charge on any atom is 0.250 e. The molecule has 4 rings (SSSR count). The third-order valence-corrected chi connectivity index (χ3v) is 8.43. The van der Waals surface area contributed by atoms with Gasteiger partial charge in [-0.1, -0.05) is 77.9 Å². The number of allylic oxidation sites excluding steroid dienone is 1. The average Bonchev–Trinajstić information content (AvgIpc) is 3.26. The molecule has 1 aromatic rings. The number of likely N-dealkylation sites (tertiary alicyclic amines) is 1. The van der Waals surface area contributed by atoms with Crippen molar-refractivity contribution in [1.82, 2.24) is 20.1 Å². The molecule has 2 fully saturated rings. The normalized spacial score (nSPS) is 27.8. The molecule has 1 aromatic heterocycles. The van der Waals surface area contributed by atoms with Crippen molar-refractivity contribution in [3.05, 3.63) is 44.8 Å². The summed E-state index contributed by atoms with van der Waals surface area (Å²) in [6.45, 7) is 5.84. The molecular formula is C22H25Cl5N4O2S. The predicted octanol–water partition coefficient (Wildman–Crippen LogP) is 4.55. The monoisotopic (exact) mass is 584 g/mol. The van der Waals surface area contributed by atoms with Gasteiger partial charge in [-0.05, 0) is 48.0 Å². The lowest BCUT2D eigenvalue weighted by Crippen LogP contribution is -2.60. The van der Waals surface area contributed by atoms with E-state index in [9.17, 15) is 9.59 Å². The minimum Gasteiger partial charge on any atom is -0.348 e. The fourth-order valence-corrected chi connectivity index (χ4v) is 6.20. The Morgan fingerprint density at radius 2 is 1.91 bits per heavy atom. The summed E-state index contributed by atoms with van der Waals surface area (Å²) in [4.78, 5) is 27.3. The molecule has 5 atom stereocenters. The van der Waals surface area contributed by atoms with Crippen molar-refractivity contribution >= 4 is 81.2 Å². The quantitative estimate of drug-likeness (QED) is 0.308. The number of rotatable bonds is 4. The summed E-state index contributed by atoms with van der Waals surface area (Å²) in [5, 5.41) is 6.22. The van der Waals surface area contributed by atoms with E-state index in [2.05, 4.69) is 10.6 Å². The largest absolute Gasteiger partial charge is 0.348 e. The Bertz CT molecular complexity index is 1080. The summed E-state index contributed by atoms with van der Waals surface area (Å²) in [5.41, 5.74) is 0.704. The first-order valence-corrected chi connectivity index (χ1v) is 13.2. The van der Waals surface area contributed by atoms with E-state index in [0.717, 1.165) is 12.1 Å². The van der Waals surface area contributed by atoms with Crippen LogP contribution in [0, 0.1) is 23.2 Å². The molecule has 1 amide bonds. The number of piperidine rings is 1. The molecule has 0 radical (unpaired) electrons. The first-order valence-electron chi connectivity index (χ1n) is 10.9. The van der Waals surface area contributed by atoms with Crippen molar-refractivity contribution in [3.8, 4) is 0 Å². The smallest absolute Gasteiger partial charge is 0.250 e. The second kappa shape index (κ2) is 9.64. The van der Waals surface area contributed by atoms with Gasteiger partial charge in [0.1, 0.15) is 10.7 Å². The van der Waals surface area contributed by atoms with Gasteiger partial charge in [0.15, 0.2) is 5.11 Å². The van der Waals surface area contributed by atoms with Gasteiger partial charge < -0.3 is 20.1 Å². The zero-order chi connectivity index (χ0) is 25.0. The molecule has 3 aliphatic rings. The van der Waals surface area contributed by atoms with Gasteiger partial charge in [-0.15, -0.1) is 0 Å². The highest BCUT2D eigenvalue weighted by Gasteiger charge is 2.61. The third kappa shape index (κ3) is 5.35. The number of nitrogens with zero attached hydrogens (tertiary/aromatic N) is 2. The van der Waals surface area contributed by atoms with Gasteiger partial charge in [0, 0.05) is 37.3 Å². The van der Waals surface area contributed by atoms with E-state index >= 15 is 0 Å². The van der Waals surface area contributed by atoms with Gasteiger partial charge in [0.2, 0.25) is 9.70 Å². The first kappa shape index (κ1) is 26.4. The Balaban J connectivity index is 1.45. The third-order valence-electron chi connectivity index (χ3n) is 7.15. The number of fused-ring (bicyclic) bond motifs is 4. The zero-order valence-electron chi connectivity index (χ0n) is 18.5. The van der Waals surface area contributed by atoms with E-state index in [4.69, 9.17) is 70.2 Å². The van der Waals surface area contributed by atoms with Gasteiger partial charge in [0.25, 0.3) is 5.56 Å². The number of carbonyl (C=O) groups excluding carboxylic acids is 1. The van der Waals surface area contributed by atoms with Crippen LogP contribution >= 0.6 is 70.2 Å². The van der Waals surface area contributed by atoms with Crippen LogP contribution in [0.25, 0.3) is 0 Å². The standard InChI is InChI=1S/C22H25Cl5N4O2S/c1-21(2)13(7-15(23)24)17(21)18(33)28-19(22(25,26)27)29-20(34)30-8-11-6-12(10-30)14-4-3-5-16(32)31(14)9-11/h3-5,7,11-13,17,19H,6,8-10H2,1-2H3,(H,28,33)(H,29,34)/t11-,12-,13-,17-,19+/m0/s1. The van der Waals surface area contributed by atoms with Gasteiger partial charge >= 0.3 is 0 Å². The molecule has 1 aliphatic carbocycles. The number of nitrogens with one attached hydrogen (secondary N) is 2. The molecular weight excluding hydrogens is 562 g/mol. The summed E-state index contributed by atoms with van der Waals surface area (Å²) in [5.74, 6) is -0.329. The highest BCUT2D eigenvalue weighted by atomic mass is 35.6. The van der Waals surface area contributed by atoms with Crippen LogP contribution in [-0.4, -0.2) is 43.5 Å². The van der Waals surface area contributed by atoms with Crippen LogP contribution < -0.4 is 16.2 Å². The summed E-state index contributed by atoms with van der Waals surface area (Å²) in [6.07, 6.45) is 1.61. The molecule has 1 saturated heterocycles. The Hall–Kier alpha value is -0.700. The van der Waals surface area contributed by atoms with Crippen molar-refractivity contribution in [2.45, 2.75) is 42.7 Å². The number of pyridine rings is 1. The minimum absolute atomic E-state index is 0.0203. The lowest BCUT2D eigenvalue weighted by atomic mass is 9.83. The summed E-state index contributed by atoms with van der Waals surface area (Å²) in [6, 6.07) is 5.37. The average molecular weight is 587 g/mol. The molecule has 186 valence electrons. The molecule has 3 heterocycles. The molecule has 1 saturated carbocycles. The lowest BCUT2D eigenvalue weighted by Gasteiger charge is -2.44. The van der Waals surface area contributed by atoms with Crippen LogP contribution in [0.3, 0.4) is 0 Å². The maximum atomic E-state index is 13.0. The van der Waals surface area contributed by atoms with Crippen molar-refractivity contribution < 1.29 is 4.79 Å². The van der Waals surface area contributed by atoms with Gasteiger partial charge in [0.05, 0.1) is 5.92 Å². The molecule has 6 nitrogen and oxygen atoms in total. The maximum absolute atomic E-state index is 13.0. The van der Waals surface area contributed by atoms with E-state index < -0.39 is 9.96 Å². The van der Waals surface area contributed by atoms with E-state index in [1.165, 1.54) is 0 Å². The van der Waals surface area contributed by atoms with E-state index in [-0.39, 0.29) is 45.0 Å². The van der Waals surface area contributed by atoms with Crippen LogP contribution in [-0.2, 0) is 11.3 Å². The second-order valence-corrected chi connectivity index (χ2v) is 13.6. The van der Waals surface area contributed by atoms with Crippen LogP contribution in [0.5, 0.6) is 0 Å². The van der Waals surface area contributed by atoms with Crippen LogP contribution in [0.4, 0.5) is 0 Å². The molecule has 12 heteroatoms. The van der Waals surface area contributed by atoms with Gasteiger partial charge in [-0.2, -0.15) is 0 Å². The fraction of sp³-hybridized carbons (Fsp3) is 0.591.